The van der Waals surface area contributed by atoms with E-state index in [2.05, 4.69) is 34.5 Å². The highest BCUT2D eigenvalue weighted by Gasteiger charge is 2.18. The molecule has 4 aromatic rings. The van der Waals surface area contributed by atoms with Gasteiger partial charge in [0.05, 0.1) is 28.7 Å². The highest BCUT2D eigenvalue weighted by Crippen LogP contribution is 2.18. The average Bonchev–Trinajstić information content (AvgIpc) is 3.44. The van der Waals surface area contributed by atoms with E-state index in [4.69, 9.17) is 0 Å². The SMILES string of the molecule is CC(C)c1ccc(-n2cc(C(=O)c3cn(-c4ccc([N+](=O)[O-])cc4)nn3)nn2)cc1. The molecule has 0 aliphatic heterocycles. The van der Waals surface area contributed by atoms with Crippen molar-refractivity contribution in [2.75, 3.05) is 0 Å². The number of hydrogen-bond donors (Lipinski definition) is 0. The lowest BCUT2D eigenvalue weighted by Gasteiger charge is -2.06. The molecule has 0 radical (unpaired) electrons. The zero-order chi connectivity index (χ0) is 21.3. The molecule has 4 rings (SSSR count). The number of nitro groups is 1. The van der Waals surface area contributed by atoms with E-state index in [1.165, 1.54) is 51.6 Å². The molecule has 0 amide bonds. The Balaban J connectivity index is 1.53. The Morgan fingerprint density at radius 1 is 0.867 bits per heavy atom. The first-order valence-corrected chi connectivity index (χ1v) is 9.17. The standard InChI is InChI=1S/C20H17N7O3/c1-13(2)14-3-5-15(6-4-14)25-11-18(21-23-25)20(28)19-12-26(24-22-19)16-7-9-17(10-8-16)27(29)30/h3-13H,1-2H3. The third-order valence-corrected chi connectivity index (χ3v) is 4.60. The number of carbonyl (C=O) groups excluding carboxylic acids is 1. The van der Waals surface area contributed by atoms with Gasteiger partial charge in [0, 0.05) is 12.1 Å². The van der Waals surface area contributed by atoms with Crippen LogP contribution in [0.3, 0.4) is 0 Å². The van der Waals surface area contributed by atoms with Crippen LogP contribution in [0.4, 0.5) is 5.69 Å². The van der Waals surface area contributed by atoms with E-state index in [9.17, 15) is 14.9 Å². The molecule has 0 saturated carbocycles. The first-order chi connectivity index (χ1) is 14.4. The number of rotatable bonds is 6. The number of aromatic nitrogens is 6. The molecule has 30 heavy (non-hydrogen) atoms. The van der Waals surface area contributed by atoms with Gasteiger partial charge in [-0.3, -0.25) is 14.9 Å². The van der Waals surface area contributed by atoms with Crippen LogP contribution in [0.1, 0.15) is 41.5 Å². The first-order valence-electron chi connectivity index (χ1n) is 9.17. The van der Waals surface area contributed by atoms with Crippen LogP contribution in [-0.2, 0) is 0 Å². The lowest BCUT2D eigenvalue weighted by atomic mass is 10.0. The van der Waals surface area contributed by atoms with Gasteiger partial charge in [-0.2, -0.15) is 0 Å². The molecule has 0 fully saturated rings. The van der Waals surface area contributed by atoms with Crippen LogP contribution in [0.25, 0.3) is 11.4 Å². The van der Waals surface area contributed by atoms with Gasteiger partial charge in [0.25, 0.3) is 5.69 Å². The van der Waals surface area contributed by atoms with Crippen molar-refractivity contribution in [1.82, 2.24) is 30.0 Å². The quantitative estimate of drug-likeness (QED) is 0.275. The number of nitro benzene ring substituents is 1. The molecular weight excluding hydrogens is 386 g/mol. The molecule has 2 aromatic heterocycles. The van der Waals surface area contributed by atoms with Gasteiger partial charge in [0.2, 0.25) is 5.78 Å². The number of non-ortho nitro benzene ring substituents is 1. The summed E-state index contributed by atoms with van der Waals surface area (Å²) in [5, 5.41) is 26.5. The number of benzene rings is 2. The Labute approximate surface area is 170 Å². The topological polar surface area (TPSA) is 122 Å². The largest absolute Gasteiger partial charge is 0.285 e. The third kappa shape index (κ3) is 3.70. The van der Waals surface area contributed by atoms with Crippen LogP contribution in [0, 0.1) is 10.1 Å². The summed E-state index contributed by atoms with van der Waals surface area (Å²) < 4.78 is 2.89. The fraction of sp³-hybridized carbons (Fsp3) is 0.150. The molecule has 0 N–H and O–H groups in total. The molecule has 0 spiro atoms. The second kappa shape index (κ2) is 7.66. The first kappa shape index (κ1) is 19.1. The second-order valence-corrected chi connectivity index (χ2v) is 6.95. The minimum atomic E-state index is -0.486. The van der Waals surface area contributed by atoms with Crippen molar-refractivity contribution in [3.05, 3.63) is 88.0 Å². The highest BCUT2D eigenvalue weighted by molar-refractivity contribution is 6.05. The van der Waals surface area contributed by atoms with Crippen LogP contribution in [0.5, 0.6) is 0 Å². The summed E-state index contributed by atoms with van der Waals surface area (Å²) in [5.74, 6) is -0.00138. The van der Waals surface area contributed by atoms with E-state index in [1.54, 1.807) is 0 Å². The maximum atomic E-state index is 12.7. The minimum Gasteiger partial charge on any atom is -0.285 e. The van der Waals surface area contributed by atoms with Crippen molar-refractivity contribution in [1.29, 1.82) is 0 Å². The Hall–Kier alpha value is -4.21. The van der Waals surface area contributed by atoms with Gasteiger partial charge in [-0.25, -0.2) is 9.36 Å². The predicted molar refractivity (Wildman–Crippen MR) is 107 cm³/mol. The van der Waals surface area contributed by atoms with Gasteiger partial charge in [-0.05, 0) is 35.7 Å². The van der Waals surface area contributed by atoms with Crippen molar-refractivity contribution in [3.63, 3.8) is 0 Å². The van der Waals surface area contributed by atoms with Gasteiger partial charge in [0.1, 0.15) is 0 Å². The molecule has 10 nitrogen and oxygen atoms in total. The van der Waals surface area contributed by atoms with Gasteiger partial charge < -0.3 is 0 Å². The predicted octanol–water partition coefficient (Wildman–Crippen LogP) is 3.11. The Kier molecular flexibility index (Phi) is 4.88. The summed E-state index contributed by atoms with van der Waals surface area (Å²) >= 11 is 0. The molecule has 2 aromatic carbocycles. The molecular formula is C20H17N7O3. The lowest BCUT2D eigenvalue weighted by molar-refractivity contribution is -0.384. The molecule has 150 valence electrons. The number of ketones is 1. The van der Waals surface area contributed by atoms with Crippen molar-refractivity contribution >= 4 is 11.5 Å². The Bertz CT molecular complexity index is 1210. The summed E-state index contributed by atoms with van der Waals surface area (Å²) in [6, 6.07) is 13.6. The fourth-order valence-corrected chi connectivity index (χ4v) is 2.86. The zero-order valence-corrected chi connectivity index (χ0v) is 16.2. The highest BCUT2D eigenvalue weighted by atomic mass is 16.6. The summed E-state index contributed by atoms with van der Waals surface area (Å²) in [6.07, 6.45) is 2.98. The molecule has 10 heteroatoms. The zero-order valence-electron chi connectivity index (χ0n) is 16.2. The summed E-state index contributed by atoms with van der Waals surface area (Å²) in [6.45, 7) is 4.23. The van der Waals surface area contributed by atoms with Gasteiger partial charge >= 0.3 is 0 Å². The molecule has 0 unspecified atom stereocenters. The molecule has 0 atom stereocenters. The number of nitrogens with zero attached hydrogens (tertiary/aromatic N) is 7. The number of hydrogen-bond acceptors (Lipinski definition) is 7. The lowest BCUT2D eigenvalue weighted by Crippen LogP contribution is -2.02. The van der Waals surface area contributed by atoms with E-state index < -0.39 is 10.7 Å². The maximum absolute atomic E-state index is 12.7. The third-order valence-electron chi connectivity index (χ3n) is 4.60. The van der Waals surface area contributed by atoms with Crippen LogP contribution in [0.15, 0.2) is 60.9 Å². The summed E-state index contributed by atoms with van der Waals surface area (Å²) in [5.41, 5.74) is 2.74. The van der Waals surface area contributed by atoms with E-state index in [1.807, 2.05) is 24.3 Å². The van der Waals surface area contributed by atoms with E-state index >= 15 is 0 Å². The molecule has 0 bridgehead atoms. The van der Waals surface area contributed by atoms with Crippen LogP contribution in [-0.4, -0.2) is 40.7 Å². The number of carbonyl (C=O) groups is 1. The normalized spacial score (nSPS) is 11.0. The smallest absolute Gasteiger partial charge is 0.269 e. The Morgan fingerprint density at radius 3 is 1.77 bits per heavy atom. The van der Waals surface area contributed by atoms with Crippen LogP contribution in [0.2, 0.25) is 0 Å². The summed E-state index contributed by atoms with van der Waals surface area (Å²) in [4.78, 5) is 23.0. The van der Waals surface area contributed by atoms with Gasteiger partial charge in [-0.15, -0.1) is 10.2 Å². The molecule has 0 saturated heterocycles. The van der Waals surface area contributed by atoms with Crippen LogP contribution < -0.4 is 0 Å². The van der Waals surface area contributed by atoms with Crippen molar-refractivity contribution in [2.24, 2.45) is 0 Å². The van der Waals surface area contributed by atoms with E-state index in [-0.39, 0.29) is 17.1 Å². The summed E-state index contributed by atoms with van der Waals surface area (Å²) in [7, 11) is 0. The van der Waals surface area contributed by atoms with Crippen molar-refractivity contribution in [2.45, 2.75) is 19.8 Å². The monoisotopic (exact) mass is 403 g/mol. The maximum Gasteiger partial charge on any atom is 0.269 e. The van der Waals surface area contributed by atoms with Gasteiger partial charge in [0.15, 0.2) is 11.4 Å². The molecule has 0 aliphatic rings. The fourth-order valence-electron chi connectivity index (χ4n) is 2.86. The molecule has 0 aliphatic carbocycles. The van der Waals surface area contributed by atoms with E-state index in [0.29, 0.717) is 11.6 Å². The van der Waals surface area contributed by atoms with Crippen molar-refractivity contribution < 1.29 is 9.72 Å². The Morgan fingerprint density at radius 2 is 1.33 bits per heavy atom. The average molecular weight is 403 g/mol. The van der Waals surface area contributed by atoms with Crippen molar-refractivity contribution in [3.8, 4) is 11.4 Å². The molecule has 2 heterocycles. The second-order valence-electron chi connectivity index (χ2n) is 6.95. The van der Waals surface area contributed by atoms with Gasteiger partial charge in [-0.1, -0.05) is 36.4 Å². The van der Waals surface area contributed by atoms with E-state index in [0.717, 1.165) is 5.69 Å². The van der Waals surface area contributed by atoms with Crippen LogP contribution >= 0.6 is 0 Å². The minimum absolute atomic E-state index is 0.0341.